The van der Waals surface area contributed by atoms with E-state index in [1.165, 1.54) is 9.87 Å². The highest BCUT2D eigenvalue weighted by molar-refractivity contribution is 7.89. The monoisotopic (exact) mass is 428 g/mol. The van der Waals surface area contributed by atoms with Gasteiger partial charge in [0.2, 0.25) is 15.9 Å². The van der Waals surface area contributed by atoms with Gasteiger partial charge in [-0.3, -0.25) is 4.79 Å². The average molecular weight is 429 g/mol. The van der Waals surface area contributed by atoms with Crippen molar-refractivity contribution in [1.29, 1.82) is 0 Å². The summed E-state index contributed by atoms with van der Waals surface area (Å²) in [6.45, 7) is 12.4. The van der Waals surface area contributed by atoms with E-state index in [0.717, 1.165) is 33.5 Å². The zero-order chi connectivity index (χ0) is 22.2. The van der Waals surface area contributed by atoms with Crippen LogP contribution in [0.15, 0.2) is 29.2 Å². The van der Waals surface area contributed by atoms with Crippen molar-refractivity contribution in [1.82, 2.24) is 4.31 Å². The van der Waals surface area contributed by atoms with Gasteiger partial charge in [-0.2, -0.15) is 4.31 Å². The summed E-state index contributed by atoms with van der Waals surface area (Å²) in [5, 5.41) is 3.08. The van der Waals surface area contributed by atoms with Gasteiger partial charge in [0, 0.05) is 24.7 Å². The van der Waals surface area contributed by atoms with Crippen LogP contribution in [0.1, 0.15) is 46.2 Å². The smallest absolute Gasteiger partial charge is 0.243 e. The van der Waals surface area contributed by atoms with E-state index in [0.29, 0.717) is 30.8 Å². The Morgan fingerprint density at radius 2 is 1.27 bits per heavy atom. The van der Waals surface area contributed by atoms with Crippen molar-refractivity contribution < 1.29 is 13.2 Å². The van der Waals surface area contributed by atoms with Gasteiger partial charge in [0.25, 0.3) is 0 Å². The van der Waals surface area contributed by atoms with Gasteiger partial charge in [-0.1, -0.05) is 35.4 Å². The maximum Gasteiger partial charge on any atom is 0.243 e. The fraction of sp³-hybridized carbons (Fsp3) is 0.458. The molecule has 0 aliphatic carbocycles. The third kappa shape index (κ3) is 4.44. The number of hydrogen-bond donors (Lipinski definition) is 1. The number of aryl methyl sites for hydroxylation is 6. The molecule has 6 heteroatoms. The Morgan fingerprint density at radius 1 is 0.833 bits per heavy atom. The first-order valence-electron chi connectivity index (χ1n) is 10.5. The Bertz CT molecular complexity index is 1040. The first-order valence-corrected chi connectivity index (χ1v) is 11.9. The summed E-state index contributed by atoms with van der Waals surface area (Å²) in [5.74, 6) is -0.207. The third-order valence-electron chi connectivity index (χ3n) is 5.95. The van der Waals surface area contributed by atoms with Crippen molar-refractivity contribution in [3.05, 3.63) is 57.6 Å². The topological polar surface area (TPSA) is 66.5 Å². The highest BCUT2D eigenvalue weighted by atomic mass is 32.2. The van der Waals surface area contributed by atoms with Crippen molar-refractivity contribution in [2.45, 2.75) is 59.3 Å². The standard InChI is InChI=1S/C24H32N2O3S/c1-15-11-17(3)22(18(4)12-15)25-24(27)21-7-9-26(10-8-21)30(28,29)23-19(5)13-16(2)14-20(23)6/h11-14,21H,7-10H2,1-6H3,(H,25,27). The highest BCUT2D eigenvalue weighted by Gasteiger charge is 2.34. The molecular weight excluding hydrogens is 396 g/mol. The molecule has 0 saturated carbocycles. The molecule has 0 aromatic heterocycles. The molecule has 0 atom stereocenters. The Balaban J connectivity index is 1.71. The molecule has 1 heterocycles. The molecule has 1 aliphatic heterocycles. The van der Waals surface area contributed by atoms with E-state index in [1.807, 2.05) is 53.7 Å². The summed E-state index contributed by atoms with van der Waals surface area (Å²) in [6, 6.07) is 7.94. The van der Waals surface area contributed by atoms with Crippen molar-refractivity contribution in [2.24, 2.45) is 5.92 Å². The first-order chi connectivity index (χ1) is 14.0. The molecule has 162 valence electrons. The molecular formula is C24H32N2O3S. The second kappa shape index (κ2) is 8.52. The number of piperidine rings is 1. The van der Waals surface area contributed by atoms with Crippen molar-refractivity contribution in [3.8, 4) is 0 Å². The summed E-state index contributed by atoms with van der Waals surface area (Å²) >= 11 is 0. The molecule has 1 fully saturated rings. The number of carbonyl (C=O) groups is 1. The van der Waals surface area contributed by atoms with Gasteiger partial charge in [0.15, 0.2) is 0 Å². The minimum atomic E-state index is -3.56. The lowest BCUT2D eigenvalue weighted by atomic mass is 9.96. The van der Waals surface area contributed by atoms with Gasteiger partial charge in [0.1, 0.15) is 0 Å². The number of carbonyl (C=O) groups excluding carboxylic acids is 1. The number of hydrogen-bond acceptors (Lipinski definition) is 3. The van der Waals surface area contributed by atoms with E-state index in [-0.39, 0.29) is 11.8 Å². The average Bonchev–Trinajstić information content (AvgIpc) is 2.63. The molecule has 30 heavy (non-hydrogen) atoms. The molecule has 0 bridgehead atoms. The summed E-state index contributed by atoms with van der Waals surface area (Å²) in [6.07, 6.45) is 1.05. The van der Waals surface area contributed by atoms with Gasteiger partial charge >= 0.3 is 0 Å². The number of sulfonamides is 1. The van der Waals surface area contributed by atoms with E-state index in [9.17, 15) is 13.2 Å². The Morgan fingerprint density at radius 3 is 1.73 bits per heavy atom. The van der Waals surface area contributed by atoms with E-state index in [2.05, 4.69) is 17.4 Å². The van der Waals surface area contributed by atoms with Gasteiger partial charge in [0.05, 0.1) is 4.90 Å². The van der Waals surface area contributed by atoms with E-state index >= 15 is 0 Å². The maximum atomic E-state index is 13.3. The van der Waals surface area contributed by atoms with Crippen LogP contribution in [0.5, 0.6) is 0 Å². The summed E-state index contributed by atoms with van der Waals surface area (Å²) in [5.41, 5.74) is 6.74. The van der Waals surface area contributed by atoms with Crippen LogP contribution in [0.3, 0.4) is 0 Å². The van der Waals surface area contributed by atoms with Gasteiger partial charge in [-0.15, -0.1) is 0 Å². The van der Waals surface area contributed by atoms with Crippen LogP contribution in [-0.2, 0) is 14.8 Å². The summed E-state index contributed by atoms with van der Waals surface area (Å²) in [7, 11) is -3.56. The molecule has 0 unspecified atom stereocenters. The lowest BCUT2D eigenvalue weighted by Crippen LogP contribution is -2.41. The third-order valence-corrected chi connectivity index (χ3v) is 8.16. The molecule has 1 amide bonds. The fourth-order valence-corrected chi connectivity index (χ4v) is 6.54. The van der Waals surface area contributed by atoms with E-state index in [4.69, 9.17) is 0 Å². The molecule has 3 rings (SSSR count). The number of amides is 1. The van der Waals surface area contributed by atoms with Crippen LogP contribution >= 0.6 is 0 Å². The molecule has 0 spiro atoms. The summed E-state index contributed by atoms with van der Waals surface area (Å²) < 4.78 is 28.0. The lowest BCUT2D eigenvalue weighted by Gasteiger charge is -2.31. The van der Waals surface area contributed by atoms with Crippen molar-refractivity contribution in [2.75, 3.05) is 18.4 Å². The zero-order valence-corrected chi connectivity index (χ0v) is 19.6. The predicted molar refractivity (Wildman–Crippen MR) is 121 cm³/mol. The minimum Gasteiger partial charge on any atom is -0.325 e. The molecule has 2 aromatic rings. The molecule has 5 nitrogen and oxygen atoms in total. The normalized spacial score (nSPS) is 15.9. The largest absolute Gasteiger partial charge is 0.325 e. The van der Waals surface area contributed by atoms with Gasteiger partial charge in [-0.05, 0) is 76.6 Å². The van der Waals surface area contributed by atoms with Crippen LogP contribution < -0.4 is 5.32 Å². The van der Waals surface area contributed by atoms with Crippen LogP contribution in [0.2, 0.25) is 0 Å². The van der Waals surface area contributed by atoms with Crippen LogP contribution in [0, 0.1) is 47.5 Å². The molecule has 2 aromatic carbocycles. The highest BCUT2D eigenvalue weighted by Crippen LogP contribution is 2.30. The Hall–Kier alpha value is -2.18. The van der Waals surface area contributed by atoms with Crippen LogP contribution in [0.4, 0.5) is 5.69 Å². The lowest BCUT2D eigenvalue weighted by molar-refractivity contribution is -0.120. The quantitative estimate of drug-likeness (QED) is 0.775. The summed E-state index contributed by atoms with van der Waals surface area (Å²) in [4.78, 5) is 13.3. The number of nitrogens with one attached hydrogen (secondary N) is 1. The number of rotatable bonds is 4. The Kier molecular flexibility index (Phi) is 6.39. The second-order valence-corrected chi connectivity index (χ2v) is 10.5. The molecule has 0 radical (unpaired) electrons. The van der Waals surface area contributed by atoms with Crippen molar-refractivity contribution >= 4 is 21.6 Å². The van der Waals surface area contributed by atoms with E-state index < -0.39 is 10.0 Å². The number of nitrogens with zero attached hydrogens (tertiary/aromatic N) is 1. The Labute approximate surface area is 180 Å². The zero-order valence-electron chi connectivity index (χ0n) is 18.8. The van der Waals surface area contributed by atoms with E-state index in [1.54, 1.807) is 0 Å². The van der Waals surface area contributed by atoms with Crippen LogP contribution in [-0.4, -0.2) is 31.7 Å². The maximum absolute atomic E-state index is 13.3. The predicted octanol–water partition coefficient (Wildman–Crippen LogP) is 4.58. The fourth-order valence-electron chi connectivity index (χ4n) is 4.66. The first kappa shape index (κ1) is 22.5. The second-order valence-electron chi connectivity index (χ2n) is 8.67. The minimum absolute atomic E-state index is 0.0233. The molecule has 1 aliphatic rings. The van der Waals surface area contributed by atoms with Crippen LogP contribution in [0.25, 0.3) is 0 Å². The van der Waals surface area contributed by atoms with Crippen molar-refractivity contribution in [3.63, 3.8) is 0 Å². The molecule has 1 saturated heterocycles. The molecule has 1 N–H and O–H groups in total. The number of anilines is 1. The van der Waals surface area contributed by atoms with Gasteiger partial charge in [-0.25, -0.2) is 8.42 Å². The number of benzene rings is 2. The SMILES string of the molecule is Cc1cc(C)c(NC(=O)C2CCN(S(=O)(=O)c3c(C)cc(C)cc3C)CC2)c(C)c1. The van der Waals surface area contributed by atoms with Gasteiger partial charge < -0.3 is 5.32 Å².